The number of urea groups is 1. The molecule has 0 bridgehead atoms. The fraction of sp³-hybridized carbons (Fsp3) is 0.588. The third-order valence-electron chi connectivity index (χ3n) is 4.27. The molecule has 7 heteroatoms. The molecule has 1 N–H and O–H groups in total. The van der Waals surface area contributed by atoms with Crippen LogP contribution in [0, 0.1) is 5.92 Å². The molecule has 3 unspecified atom stereocenters. The molecular weight excluding hydrogens is 322 g/mol. The van der Waals surface area contributed by atoms with E-state index in [-0.39, 0.29) is 18.0 Å². The molecule has 0 radical (unpaired) electrons. The van der Waals surface area contributed by atoms with E-state index in [9.17, 15) is 4.79 Å². The zero-order valence-electron chi connectivity index (χ0n) is 14.6. The molecular formula is C17H25N5OS. The van der Waals surface area contributed by atoms with E-state index < -0.39 is 0 Å². The van der Waals surface area contributed by atoms with Gasteiger partial charge < -0.3 is 10.2 Å². The van der Waals surface area contributed by atoms with Crippen LogP contribution in [0.15, 0.2) is 24.4 Å². The lowest BCUT2D eigenvalue weighted by Crippen LogP contribution is -2.50. The zero-order chi connectivity index (χ0) is 17.3. The van der Waals surface area contributed by atoms with Crippen molar-refractivity contribution in [1.82, 2.24) is 24.8 Å². The second-order valence-corrected chi connectivity index (χ2v) is 8.70. The SMILES string of the molecule is CC1CN(C(=O)NC(c2nnc3ccccn23)C(C)C)CC(C)S1. The first kappa shape index (κ1) is 17.1. The van der Waals surface area contributed by atoms with Crippen LogP contribution in [0.25, 0.3) is 5.65 Å². The summed E-state index contributed by atoms with van der Waals surface area (Å²) in [6.45, 7) is 10.1. The molecule has 3 atom stereocenters. The van der Waals surface area contributed by atoms with Crippen LogP contribution < -0.4 is 5.32 Å². The highest BCUT2D eigenvalue weighted by atomic mass is 32.2. The molecule has 1 aliphatic heterocycles. The number of nitrogens with one attached hydrogen (secondary N) is 1. The lowest BCUT2D eigenvalue weighted by molar-refractivity contribution is 0.188. The van der Waals surface area contributed by atoms with Gasteiger partial charge in [-0.2, -0.15) is 11.8 Å². The third kappa shape index (κ3) is 3.50. The lowest BCUT2D eigenvalue weighted by atomic mass is 10.0. The van der Waals surface area contributed by atoms with Crippen LogP contribution in [-0.4, -0.2) is 49.1 Å². The van der Waals surface area contributed by atoms with E-state index in [1.807, 2.05) is 45.5 Å². The zero-order valence-corrected chi connectivity index (χ0v) is 15.5. The Morgan fingerprint density at radius 1 is 1.25 bits per heavy atom. The molecule has 2 aromatic heterocycles. The minimum absolute atomic E-state index is 0.0135. The van der Waals surface area contributed by atoms with E-state index in [2.05, 4.69) is 43.2 Å². The first-order valence-corrected chi connectivity index (χ1v) is 9.40. The molecule has 0 aromatic carbocycles. The first-order chi connectivity index (χ1) is 11.5. The number of hydrogen-bond donors (Lipinski definition) is 1. The molecule has 24 heavy (non-hydrogen) atoms. The average Bonchev–Trinajstić information content (AvgIpc) is 2.95. The standard InChI is InChI=1S/C17H25N5OS/c1-11(2)15(16-20-19-14-7-5-6-8-22(14)16)18-17(23)21-9-12(3)24-13(4)10-21/h5-8,11-13,15H,9-10H2,1-4H3,(H,18,23). The van der Waals surface area contributed by atoms with Crippen LogP contribution >= 0.6 is 11.8 Å². The predicted molar refractivity (Wildman–Crippen MR) is 97.2 cm³/mol. The number of nitrogens with zero attached hydrogens (tertiary/aromatic N) is 4. The average molecular weight is 347 g/mol. The predicted octanol–water partition coefficient (Wildman–Crippen LogP) is 2.96. The topological polar surface area (TPSA) is 62.5 Å². The molecule has 130 valence electrons. The van der Waals surface area contributed by atoms with Crippen molar-refractivity contribution in [2.75, 3.05) is 13.1 Å². The molecule has 2 aromatic rings. The van der Waals surface area contributed by atoms with Crippen LogP contribution in [0.3, 0.4) is 0 Å². The van der Waals surface area contributed by atoms with Crippen molar-refractivity contribution in [2.24, 2.45) is 5.92 Å². The van der Waals surface area contributed by atoms with Crippen molar-refractivity contribution in [3.05, 3.63) is 30.2 Å². The van der Waals surface area contributed by atoms with E-state index >= 15 is 0 Å². The van der Waals surface area contributed by atoms with Gasteiger partial charge in [-0.1, -0.05) is 33.8 Å². The Hall–Kier alpha value is -1.76. The van der Waals surface area contributed by atoms with Gasteiger partial charge in [-0.05, 0) is 18.1 Å². The highest BCUT2D eigenvalue weighted by Gasteiger charge is 2.29. The molecule has 3 heterocycles. The number of thioether (sulfide) groups is 1. The minimum Gasteiger partial charge on any atom is -0.328 e. The summed E-state index contributed by atoms with van der Waals surface area (Å²) >= 11 is 1.94. The largest absolute Gasteiger partial charge is 0.328 e. The van der Waals surface area contributed by atoms with Gasteiger partial charge >= 0.3 is 6.03 Å². The number of hydrogen-bond acceptors (Lipinski definition) is 4. The quantitative estimate of drug-likeness (QED) is 0.927. The number of aromatic nitrogens is 3. The van der Waals surface area contributed by atoms with Gasteiger partial charge in [0.2, 0.25) is 0 Å². The maximum atomic E-state index is 12.8. The highest BCUT2D eigenvalue weighted by Crippen LogP contribution is 2.26. The van der Waals surface area contributed by atoms with Crippen LogP contribution in [0.4, 0.5) is 4.79 Å². The van der Waals surface area contributed by atoms with Crippen molar-refractivity contribution >= 4 is 23.4 Å². The second kappa shape index (κ2) is 7.01. The normalized spacial score (nSPS) is 22.8. The van der Waals surface area contributed by atoms with Crippen LogP contribution in [0.1, 0.15) is 39.6 Å². The Bertz CT molecular complexity index is 706. The van der Waals surface area contributed by atoms with E-state index in [0.717, 1.165) is 24.6 Å². The minimum atomic E-state index is -0.171. The van der Waals surface area contributed by atoms with Crippen molar-refractivity contribution in [3.63, 3.8) is 0 Å². The molecule has 2 amide bonds. The number of carbonyl (C=O) groups excluding carboxylic acids is 1. The van der Waals surface area contributed by atoms with Gasteiger partial charge in [0.1, 0.15) is 0 Å². The number of rotatable bonds is 3. The van der Waals surface area contributed by atoms with E-state index in [4.69, 9.17) is 0 Å². The number of fused-ring (bicyclic) bond motifs is 1. The van der Waals surface area contributed by atoms with Gasteiger partial charge in [-0.25, -0.2) is 4.79 Å². The molecule has 0 spiro atoms. The first-order valence-electron chi connectivity index (χ1n) is 8.46. The molecule has 0 saturated carbocycles. The van der Waals surface area contributed by atoms with Crippen molar-refractivity contribution < 1.29 is 4.79 Å². The molecule has 1 saturated heterocycles. The van der Waals surface area contributed by atoms with Gasteiger partial charge in [0, 0.05) is 29.8 Å². The van der Waals surface area contributed by atoms with Crippen LogP contribution in [0.2, 0.25) is 0 Å². The summed E-state index contributed by atoms with van der Waals surface area (Å²) in [7, 11) is 0. The van der Waals surface area contributed by atoms with E-state index in [0.29, 0.717) is 10.5 Å². The van der Waals surface area contributed by atoms with Gasteiger partial charge in [0.25, 0.3) is 0 Å². The van der Waals surface area contributed by atoms with Crippen LogP contribution in [0.5, 0.6) is 0 Å². The summed E-state index contributed by atoms with van der Waals surface area (Å²) in [6.07, 6.45) is 1.94. The highest BCUT2D eigenvalue weighted by molar-refractivity contribution is 8.00. The number of amides is 2. The molecule has 1 fully saturated rings. The maximum Gasteiger partial charge on any atom is 0.318 e. The summed E-state index contributed by atoms with van der Waals surface area (Å²) < 4.78 is 1.95. The van der Waals surface area contributed by atoms with E-state index in [1.165, 1.54) is 0 Å². The summed E-state index contributed by atoms with van der Waals surface area (Å²) in [6, 6.07) is 5.62. The van der Waals surface area contributed by atoms with Gasteiger partial charge in [0.15, 0.2) is 11.5 Å². The van der Waals surface area contributed by atoms with Crippen molar-refractivity contribution in [1.29, 1.82) is 0 Å². The fourth-order valence-corrected chi connectivity index (χ4v) is 4.49. The van der Waals surface area contributed by atoms with Gasteiger partial charge in [-0.15, -0.1) is 10.2 Å². The Labute approximate surface area is 147 Å². The number of carbonyl (C=O) groups is 1. The summed E-state index contributed by atoms with van der Waals surface area (Å²) in [4.78, 5) is 14.7. The van der Waals surface area contributed by atoms with Crippen molar-refractivity contribution in [2.45, 2.75) is 44.2 Å². The Morgan fingerprint density at radius 3 is 2.62 bits per heavy atom. The van der Waals surface area contributed by atoms with Crippen molar-refractivity contribution in [3.8, 4) is 0 Å². The Balaban J connectivity index is 1.80. The Kier molecular flexibility index (Phi) is 4.99. The third-order valence-corrected chi connectivity index (χ3v) is 5.50. The molecule has 3 rings (SSSR count). The second-order valence-electron chi connectivity index (χ2n) is 6.82. The molecule has 1 aliphatic rings. The lowest BCUT2D eigenvalue weighted by Gasteiger charge is -2.35. The fourth-order valence-electron chi connectivity index (χ4n) is 3.17. The Morgan fingerprint density at radius 2 is 1.96 bits per heavy atom. The van der Waals surface area contributed by atoms with Gasteiger partial charge in [-0.3, -0.25) is 4.40 Å². The number of pyridine rings is 1. The van der Waals surface area contributed by atoms with Gasteiger partial charge in [0.05, 0.1) is 6.04 Å². The molecule has 6 nitrogen and oxygen atoms in total. The van der Waals surface area contributed by atoms with E-state index in [1.54, 1.807) is 0 Å². The smallest absolute Gasteiger partial charge is 0.318 e. The maximum absolute atomic E-state index is 12.8. The molecule has 0 aliphatic carbocycles. The monoisotopic (exact) mass is 347 g/mol. The summed E-state index contributed by atoms with van der Waals surface area (Å²) in [5, 5.41) is 12.6. The van der Waals surface area contributed by atoms with Crippen LogP contribution in [-0.2, 0) is 0 Å². The summed E-state index contributed by atoms with van der Waals surface area (Å²) in [5.41, 5.74) is 0.795. The summed E-state index contributed by atoms with van der Waals surface area (Å²) in [5.74, 6) is 0.997.